The van der Waals surface area contributed by atoms with E-state index >= 15 is 0 Å². The number of nitrogens with one attached hydrogen (secondary N) is 1. The number of hydrogen-bond donors (Lipinski definition) is 2. The maximum Gasteiger partial charge on any atom is 0.136 e. The first-order valence-corrected chi connectivity index (χ1v) is 5.77. The molecule has 1 aliphatic heterocycles. The molecule has 2 rings (SSSR count). The van der Waals surface area contributed by atoms with E-state index in [-0.39, 0.29) is 11.8 Å². The first-order valence-electron chi connectivity index (χ1n) is 4.60. The Balaban J connectivity index is 2.38. The minimum absolute atomic E-state index is 0.261. The zero-order valence-corrected chi connectivity index (χ0v) is 9.90. The molecule has 14 heavy (non-hydrogen) atoms. The molecule has 1 fully saturated rings. The molecule has 1 heterocycles. The monoisotopic (exact) mass is 275 g/mol. The molecular weight excluding hydrogens is 265 g/mol. The van der Waals surface area contributed by atoms with Crippen molar-refractivity contribution in [3.05, 3.63) is 27.2 Å². The number of phenolic OH excluding ortho intramolecular Hbond substituents is 1. The molecule has 1 aromatic rings. The molecule has 0 unspecified atom stereocenters. The second-order valence-corrected chi connectivity index (χ2v) is 4.65. The van der Waals surface area contributed by atoms with E-state index in [0.29, 0.717) is 9.50 Å². The van der Waals surface area contributed by atoms with Crippen LogP contribution in [-0.2, 0) is 0 Å². The van der Waals surface area contributed by atoms with Crippen LogP contribution in [0.15, 0.2) is 16.6 Å². The molecule has 1 aromatic carbocycles. The van der Waals surface area contributed by atoms with E-state index in [2.05, 4.69) is 21.2 Å². The predicted octanol–water partition coefficient (Wildman–Crippen LogP) is 3.23. The molecule has 1 aliphatic rings. The van der Waals surface area contributed by atoms with Gasteiger partial charge in [-0.05, 0) is 41.4 Å². The maximum atomic E-state index is 9.87. The molecule has 0 amide bonds. The maximum absolute atomic E-state index is 9.87. The second kappa shape index (κ2) is 4.09. The Hall–Kier alpha value is -0.250. The molecule has 1 atom stereocenters. The van der Waals surface area contributed by atoms with Crippen LogP contribution in [0.5, 0.6) is 5.75 Å². The van der Waals surface area contributed by atoms with E-state index in [1.165, 1.54) is 0 Å². The van der Waals surface area contributed by atoms with Gasteiger partial charge in [-0.2, -0.15) is 0 Å². The number of halogens is 2. The highest BCUT2D eigenvalue weighted by atomic mass is 79.9. The second-order valence-electron chi connectivity index (χ2n) is 3.45. The Bertz CT molecular complexity index is 350. The number of hydrogen-bond acceptors (Lipinski definition) is 2. The number of aromatic hydroxyl groups is 1. The Morgan fingerprint density at radius 3 is 2.93 bits per heavy atom. The smallest absolute Gasteiger partial charge is 0.136 e. The number of rotatable bonds is 1. The highest BCUT2D eigenvalue weighted by Crippen LogP contribution is 2.39. The van der Waals surface area contributed by atoms with Gasteiger partial charge < -0.3 is 10.4 Å². The van der Waals surface area contributed by atoms with E-state index in [9.17, 15) is 5.11 Å². The lowest BCUT2D eigenvalue weighted by atomic mass is 10.0. The number of benzene rings is 1. The molecule has 2 N–H and O–H groups in total. The van der Waals surface area contributed by atoms with Gasteiger partial charge in [0.15, 0.2) is 0 Å². The fraction of sp³-hybridized carbons (Fsp3) is 0.400. The van der Waals surface area contributed by atoms with Crippen molar-refractivity contribution < 1.29 is 5.11 Å². The molecule has 0 bridgehead atoms. The summed E-state index contributed by atoms with van der Waals surface area (Å²) in [5.74, 6) is 0.261. The highest BCUT2D eigenvalue weighted by Gasteiger charge is 2.21. The summed E-state index contributed by atoms with van der Waals surface area (Å²) in [6.45, 7) is 1.02. The van der Waals surface area contributed by atoms with Crippen molar-refractivity contribution in [2.75, 3.05) is 6.54 Å². The van der Waals surface area contributed by atoms with Gasteiger partial charge in [-0.15, -0.1) is 0 Å². The SMILES string of the molecule is Oc1c([C@@H]2CCCN2)ccc(Cl)c1Br. The van der Waals surface area contributed by atoms with Crippen LogP contribution in [-0.4, -0.2) is 11.7 Å². The quantitative estimate of drug-likeness (QED) is 0.825. The molecular formula is C10H11BrClNO. The molecule has 0 aromatic heterocycles. The first kappa shape index (κ1) is 10.3. The summed E-state index contributed by atoms with van der Waals surface area (Å²) >= 11 is 9.13. The molecule has 0 spiro atoms. The molecule has 0 saturated carbocycles. The van der Waals surface area contributed by atoms with E-state index in [4.69, 9.17) is 11.6 Å². The standard InChI is InChI=1S/C10H11BrClNO/c11-9-7(12)4-3-6(10(9)14)8-2-1-5-13-8/h3-4,8,13-14H,1-2,5H2/t8-/m0/s1. The Morgan fingerprint density at radius 2 is 2.29 bits per heavy atom. The van der Waals surface area contributed by atoms with Crippen LogP contribution in [0.2, 0.25) is 5.02 Å². The van der Waals surface area contributed by atoms with Crippen molar-refractivity contribution in [2.45, 2.75) is 18.9 Å². The third kappa shape index (κ3) is 1.76. The van der Waals surface area contributed by atoms with Crippen LogP contribution in [0.25, 0.3) is 0 Å². The lowest BCUT2D eigenvalue weighted by molar-refractivity contribution is 0.454. The van der Waals surface area contributed by atoms with Crippen LogP contribution >= 0.6 is 27.5 Å². The Morgan fingerprint density at radius 1 is 1.50 bits per heavy atom. The zero-order valence-electron chi connectivity index (χ0n) is 7.56. The van der Waals surface area contributed by atoms with Crippen LogP contribution < -0.4 is 5.32 Å². The summed E-state index contributed by atoms with van der Waals surface area (Å²) in [7, 11) is 0. The summed E-state index contributed by atoms with van der Waals surface area (Å²) in [6.07, 6.45) is 2.23. The van der Waals surface area contributed by atoms with Gasteiger partial charge in [0.2, 0.25) is 0 Å². The lowest BCUT2D eigenvalue weighted by Crippen LogP contribution is -2.12. The molecule has 0 aliphatic carbocycles. The molecule has 4 heteroatoms. The topological polar surface area (TPSA) is 32.3 Å². The van der Waals surface area contributed by atoms with Crippen LogP contribution in [0.1, 0.15) is 24.4 Å². The van der Waals surface area contributed by atoms with Gasteiger partial charge >= 0.3 is 0 Å². The summed E-state index contributed by atoms with van der Waals surface area (Å²) in [4.78, 5) is 0. The van der Waals surface area contributed by atoms with Crippen molar-refractivity contribution >= 4 is 27.5 Å². The third-order valence-electron chi connectivity index (χ3n) is 2.54. The molecule has 2 nitrogen and oxygen atoms in total. The van der Waals surface area contributed by atoms with Crippen LogP contribution in [0.4, 0.5) is 0 Å². The number of phenols is 1. The Kier molecular flexibility index (Phi) is 3.00. The average Bonchev–Trinajstić information content (AvgIpc) is 2.67. The van der Waals surface area contributed by atoms with Gasteiger partial charge in [0, 0.05) is 11.6 Å². The summed E-state index contributed by atoms with van der Waals surface area (Å²) in [5, 5.41) is 13.7. The van der Waals surface area contributed by atoms with Crippen molar-refractivity contribution in [3.63, 3.8) is 0 Å². The molecule has 1 saturated heterocycles. The van der Waals surface area contributed by atoms with Crippen molar-refractivity contribution in [2.24, 2.45) is 0 Å². The van der Waals surface area contributed by atoms with E-state index in [0.717, 1.165) is 24.9 Å². The third-order valence-corrected chi connectivity index (χ3v) is 3.88. The minimum Gasteiger partial charge on any atom is -0.506 e. The predicted molar refractivity (Wildman–Crippen MR) is 60.8 cm³/mol. The Labute approximate surface area is 96.4 Å². The van der Waals surface area contributed by atoms with E-state index in [1.807, 2.05) is 6.07 Å². The van der Waals surface area contributed by atoms with Gasteiger partial charge in [-0.1, -0.05) is 17.7 Å². The largest absolute Gasteiger partial charge is 0.506 e. The lowest BCUT2D eigenvalue weighted by Gasteiger charge is -2.13. The van der Waals surface area contributed by atoms with Gasteiger partial charge in [0.05, 0.1) is 9.50 Å². The van der Waals surface area contributed by atoms with Gasteiger partial charge in [0.1, 0.15) is 5.75 Å². The molecule has 0 radical (unpaired) electrons. The van der Waals surface area contributed by atoms with Crippen molar-refractivity contribution in [1.29, 1.82) is 0 Å². The average molecular weight is 277 g/mol. The summed E-state index contributed by atoms with van der Waals surface area (Å²) in [6, 6.07) is 3.95. The van der Waals surface area contributed by atoms with Crippen LogP contribution in [0.3, 0.4) is 0 Å². The minimum atomic E-state index is 0.261. The molecule has 76 valence electrons. The van der Waals surface area contributed by atoms with Gasteiger partial charge in [0.25, 0.3) is 0 Å². The van der Waals surface area contributed by atoms with Gasteiger partial charge in [-0.3, -0.25) is 0 Å². The van der Waals surface area contributed by atoms with Crippen LogP contribution in [0, 0.1) is 0 Å². The summed E-state index contributed by atoms with van der Waals surface area (Å²) < 4.78 is 0.588. The highest BCUT2D eigenvalue weighted by molar-refractivity contribution is 9.10. The van der Waals surface area contributed by atoms with Crippen molar-refractivity contribution in [3.8, 4) is 5.75 Å². The first-order chi connectivity index (χ1) is 6.70. The van der Waals surface area contributed by atoms with E-state index < -0.39 is 0 Å². The fourth-order valence-corrected chi connectivity index (χ4v) is 2.30. The zero-order chi connectivity index (χ0) is 10.1. The summed E-state index contributed by atoms with van der Waals surface area (Å²) in [5.41, 5.74) is 0.929. The van der Waals surface area contributed by atoms with Gasteiger partial charge in [-0.25, -0.2) is 0 Å². The van der Waals surface area contributed by atoms with Crippen molar-refractivity contribution in [1.82, 2.24) is 5.32 Å². The van der Waals surface area contributed by atoms with E-state index in [1.54, 1.807) is 6.07 Å². The fourth-order valence-electron chi connectivity index (χ4n) is 1.79. The normalized spacial score (nSPS) is 21.4.